The second-order valence-corrected chi connectivity index (χ2v) is 6.39. The maximum absolute atomic E-state index is 13.0. The summed E-state index contributed by atoms with van der Waals surface area (Å²) in [6.45, 7) is 5.76. The lowest BCUT2D eigenvalue weighted by Crippen LogP contribution is -2.36. The number of aromatic amines is 1. The zero-order valence-corrected chi connectivity index (χ0v) is 14.8. The lowest BCUT2D eigenvalue weighted by Gasteiger charge is -2.24. The summed E-state index contributed by atoms with van der Waals surface area (Å²) in [7, 11) is 3.98. The summed E-state index contributed by atoms with van der Waals surface area (Å²) < 4.78 is 0. The van der Waals surface area contributed by atoms with Gasteiger partial charge in [0.2, 0.25) is 0 Å². The maximum atomic E-state index is 13.0. The van der Waals surface area contributed by atoms with Gasteiger partial charge in [-0.1, -0.05) is 23.2 Å². The molecule has 1 N–H and O–H groups in total. The van der Waals surface area contributed by atoms with Crippen LogP contribution in [0.2, 0.25) is 5.02 Å². The van der Waals surface area contributed by atoms with Crippen LogP contribution in [0.1, 0.15) is 27.3 Å². The number of benzene rings is 1. The van der Waals surface area contributed by atoms with E-state index < -0.39 is 0 Å². The first-order valence-corrected chi connectivity index (χ1v) is 7.95. The van der Waals surface area contributed by atoms with Gasteiger partial charge >= 0.3 is 0 Å². The van der Waals surface area contributed by atoms with Crippen molar-refractivity contribution in [3.05, 3.63) is 52.1 Å². The molecule has 0 atom stereocenters. The quantitative estimate of drug-likeness (QED) is 0.883. The zero-order valence-electron chi connectivity index (χ0n) is 14.1. The minimum Gasteiger partial charge on any atom is -0.348 e. The SMILES string of the molecule is Cc1ccc(Cl)c(C(=O)N(CCN(C)C)Cc2nc[nH]c2C)c1. The Labute approximate surface area is 142 Å². The number of hydrogen-bond acceptors (Lipinski definition) is 3. The van der Waals surface area contributed by atoms with E-state index >= 15 is 0 Å². The van der Waals surface area contributed by atoms with E-state index in [1.807, 2.05) is 40.1 Å². The van der Waals surface area contributed by atoms with E-state index in [1.54, 1.807) is 17.3 Å². The Morgan fingerprint density at radius 3 is 2.61 bits per heavy atom. The first-order chi connectivity index (χ1) is 10.9. The average Bonchev–Trinajstić information content (AvgIpc) is 2.90. The number of H-pyrrole nitrogens is 1. The molecular weight excluding hydrogens is 312 g/mol. The van der Waals surface area contributed by atoms with Crippen LogP contribution in [0.3, 0.4) is 0 Å². The smallest absolute Gasteiger partial charge is 0.255 e. The van der Waals surface area contributed by atoms with Crippen molar-refractivity contribution in [3.8, 4) is 0 Å². The Morgan fingerprint density at radius 2 is 2.00 bits per heavy atom. The number of imidazole rings is 1. The van der Waals surface area contributed by atoms with Crippen molar-refractivity contribution >= 4 is 17.5 Å². The molecule has 1 aromatic heterocycles. The van der Waals surface area contributed by atoms with Crippen molar-refractivity contribution in [2.45, 2.75) is 20.4 Å². The summed E-state index contributed by atoms with van der Waals surface area (Å²) >= 11 is 6.23. The fourth-order valence-electron chi connectivity index (χ4n) is 2.27. The molecule has 0 unspecified atom stereocenters. The van der Waals surface area contributed by atoms with Crippen LogP contribution in [-0.2, 0) is 6.54 Å². The van der Waals surface area contributed by atoms with Crippen molar-refractivity contribution in [1.82, 2.24) is 19.8 Å². The normalized spacial score (nSPS) is 11.0. The van der Waals surface area contributed by atoms with Gasteiger partial charge in [-0.2, -0.15) is 0 Å². The van der Waals surface area contributed by atoms with Crippen molar-refractivity contribution < 1.29 is 4.79 Å². The molecule has 0 saturated heterocycles. The van der Waals surface area contributed by atoms with Gasteiger partial charge < -0.3 is 14.8 Å². The monoisotopic (exact) mass is 334 g/mol. The highest BCUT2D eigenvalue weighted by atomic mass is 35.5. The van der Waals surface area contributed by atoms with Gasteiger partial charge in [0, 0.05) is 18.8 Å². The maximum Gasteiger partial charge on any atom is 0.255 e. The molecule has 0 saturated carbocycles. The van der Waals surface area contributed by atoms with E-state index in [1.165, 1.54) is 0 Å². The molecule has 124 valence electrons. The largest absolute Gasteiger partial charge is 0.348 e. The number of halogens is 1. The highest BCUT2D eigenvalue weighted by molar-refractivity contribution is 6.33. The van der Waals surface area contributed by atoms with E-state index in [-0.39, 0.29) is 5.91 Å². The van der Waals surface area contributed by atoms with Crippen LogP contribution >= 0.6 is 11.6 Å². The third kappa shape index (κ3) is 4.56. The summed E-state index contributed by atoms with van der Waals surface area (Å²) in [6, 6.07) is 5.51. The summed E-state index contributed by atoms with van der Waals surface area (Å²) in [5.74, 6) is -0.0667. The van der Waals surface area contributed by atoms with Gasteiger partial charge in [0.25, 0.3) is 5.91 Å². The summed E-state index contributed by atoms with van der Waals surface area (Å²) in [5.41, 5.74) is 3.41. The second kappa shape index (κ2) is 7.62. The Balaban J connectivity index is 2.26. The number of amides is 1. The number of carbonyl (C=O) groups is 1. The molecule has 2 rings (SSSR count). The number of likely N-dealkylation sites (N-methyl/N-ethyl adjacent to an activating group) is 1. The number of nitrogens with zero attached hydrogens (tertiary/aromatic N) is 3. The number of carbonyl (C=O) groups excluding carboxylic acids is 1. The highest BCUT2D eigenvalue weighted by Crippen LogP contribution is 2.20. The van der Waals surface area contributed by atoms with Crippen molar-refractivity contribution in [2.75, 3.05) is 27.2 Å². The van der Waals surface area contributed by atoms with E-state index in [0.29, 0.717) is 23.7 Å². The lowest BCUT2D eigenvalue weighted by molar-refractivity contribution is 0.0730. The van der Waals surface area contributed by atoms with Gasteiger partial charge in [-0.3, -0.25) is 4.79 Å². The zero-order chi connectivity index (χ0) is 17.0. The van der Waals surface area contributed by atoms with Crippen molar-refractivity contribution in [2.24, 2.45) is 0 Å². The van der Waals surface area contributed by atoms with Crippen molar-refractivity contribution in [1.29, 1.82) is 0 Å². The molecule has 1 aromatic carbocycles. The van der Waals surface area contributed by atoms with Gasteiger partial charge in [0.15, 0.2) is 0 Å². The molecule has 0 radical (unpaired) electrons. The summed E-state index contributed by atoms with van der Waals surface area (Å²) in [6.07, 6.45) is 1.65. The number of nitrogens with one attached hydrogen (secondary N) is 1. The number of rotatable bonds is 6. The molecule has 0 aliphatic carbocycles. The van der Waals surface area contributed by atoms with Gasteiger partial charge in [-0.15, -0.1) is 0 Å². The molecular formula is C17H23ClN4O. The third-order valence-corrected chi connectivity index (χ3v) is 4.06. The molecule has 23 heavy (non-hydrogen) atoms. The van der Waals surface area contributed by atoms with Gasteiger partial charge in [-0.25, -0.2) is 4.98 Å². The summed E-state index contributed by atoms with van der Waals surface area (Å²) in [4.78, 5) is 24.2. The molecule has 0 aliphatic heterocycles. The van der Waals surface area contributed by atoms with Gasteiger partial charge in [0.1, 0.15) is 0 Å². The standard InChI is InChI=1S/C17H23ClN4O/c1-12-5-6-15(18)14(9-12)17(23)22(8-7-21(3)4)10-16-13(2)19-11-20-16/h5-6,9,11H,7-8,10H2,1-4H3,(H,19,20). The Morgan fingerprint density at radius 1 is 1.26 bits per heavy atom. The average molecular weight is 335 g/mol. The molecule has 0 aliphatic rings. The third-order valence-electron chi connectivity index (χ3n) is 3.73. The lowest BCUT2D eigenvalue weighted by atomic mass is 10.1. The van der Waals surface area contributed by atoms with E-state index in [0.717, 1.165) is 23.5 Å². The number of aromatic nitrogens is 2. The predicted octanol–water partition coefficient (Wildman–Crippen LogP) is 2.88. The molecule has 0 fully saturated rings. The first-order valence-electron chi connectivity index (χ1n) is 7.57. The molecule has 0 bridgehead atoms. The van der Waals surface area contributed by atoms with Crippen LogP contribution in [-0.4, -0.2) is 52.9 Å². The fourth-order valence-corrected chi connectivity index (χ4v) is 2.47. The Hall–Kier alpha value is -1.85. The molecule has 0 spiro atoms. The molecule has 1 heterocycles. The van der Waals surface area contributed by atoms with Crippen LogP contribution in [0.15, 0.2) is 24.5 Å². The van der Waals surface area contributed by atoms with E-state index in [2.05, 4.69) is 14.9 Å². The van der Waals surface area contributed by atoms with Crippen LogP contribution in [0.25, 0.3) is 0 Å². The fraction of sp³-hybridized carbons (Fsp3) is 0.412. The minimum atomic E-state index is -0.0667. The second-order valence-electron chi connectivity index (χ2n) is 5.99. The van der Waals surface area contributed by atoms with Gasteiger partial charge in [-0.05, 0) is 40.1 Å². The highest BCUT2D eigenvalue weighted by Gasteiger charge is 2.20. The van der Waals surface area contributed by atoms with E-state index in [4.69, 9.17) is 11.6 Å². The van der Waals surface area contributed by atoms with Gasteiger partial charge in [0.05, 0.1) is 29.2 Å². The molecule has 5 nitrogen and oxygen atoms in total. The van der Waals surface area contributed by atoms with Crippen LogP contribution in [0.5, 0.6) is 0 Å². The van der Waals surface area contributed by atoms with Crippen molar-refractivity contribution in [3.63, 3.8) is 0 Å². The minimum absolute atomic E-state index is 0.0667. The number of aryl methyl sites for hydroxylation is 2. The summed E-state index contributed by atoms with van der Waals surface area (Å²) in [5, 5.41) is 0.481. The van der Waals surface area contributed by atoms with Crippen LogP contribution < -0.4 is 0 Å². The van der Waals surface area contributed by atoms with Crippen LogP contribution in [0, 0.1) is 13.8 Å². The topological polar surface area (TPSA) is 52.2 Å². The molecule has 1 amide bonds. The predicted molar refractivity (Wildman–Crippen MR) is 92.8 cm³/mol. The number of hydrogen-bond donors (Lipinski definition) is 1. The molecule has 6 heteroatoms. The van der Waals surface area contributed by atoms with Crippen LogP contribution in [0.4, 0.5) is 0 Å². The Bertz CT molecular complexity index is 681. The molecule has 2 aromatic rings. The van der Waals surface area contributed by atoms with E-state index in [9.17, 15) is 4.79 Å². The Kier molecular flexibility index (Phi) is 5.80. The first kappa shape index (κ1) is 17.5.